The van der Waals surface area contributed by atoms with E-state index in [1.54, 1.807) is 28.9 Å². The molecule has 1 amide bonds. The Hall–Kier alpha value is -2.22. The third kappa shape index (κ3) is 3.33. The summed E-state index contributed by atoms with van der Waals surface area (Å²) in [4.78, 5) is 12.3. The fourth-order valence-corrected chi connectivity index (χ4v) is 3.11. The molecule has 0 saturated heterocycles. The van der Waals surface area contributed by atoms with Crippen LogP contribution in [-0.2, 0) is 0 Å². The molecule has 3 aromatic rings. The van der Waals surface area contributed by atoms with Crippen LogP contribution in [0.25, 0.3) is 5.69 Å². The molecule has 0 radical (unpaired) electrons. The number of rotatable bonds is 3. The zero-order chi connectivity index (χ0) is 17.3. The van der Waals surface area contributed by atoms with Crippen LogP contribution in [0.2, 0.25) is 0 Å². The Morgan fingerprint density at radius 2 is 1.92 bits per heavy atom. The quantitative estimate of drug-likeness (QED) is 0.617. The number of anilines is 1. The van der Waals surface area contributed by atoms with Crippen LogP contribution >= 0.6 is 22.6 Å². The Morgan fingerprint density at radius 1 is 1.17 bits per heavy atom. The number of carbonyl (C=O) groups is 1. The van der Waals surface area contributed by atoms with Crippen LogP contribution in [0.4, 0.5) is 10.1 Å². The predicted molar refractivity (Wildman–Crippen MR) is 100 cm³/mol. The molecule has 6 heteroatoms. The van der Waals surface area contributed by atoms with Gasteiger partial charge in [0.25, 0.3) is 5.91 Å². The van der Waals surface area contributed by atoms with Crippen molar-refractivity contribution in [3.63, 3.8) is 0 Å². The third-order valence-corrected chi connectivity index (χ3v) is 4.50. The Kier molecular flexibility index (Phi) is 4.66. The normalized spacial score (nSPS) is 10.7. The van der Waals surface area contributed by atoms with Gasteiger partial charge in [-0.15, -0.1) is 0 Å². The average molecular weight is 435 g/mol. The van der Waals surface area contributed by atoms with E-state index >= 15 is 0 Å². The van der Waals surface area contributed by atoms with Crippen molar-refractivity contribution in [1.29, 1.82) is 0 Å². The molecule has 0 atom stereocenters. The number of aromatic nitrogens is 2. The Bertz CT molecular complexity index is 920. The van der Waals surface area contributed by atoms with E-state index < -0.39 is 5.82 Å². The molecule has 2 aromatic carbocycles. The summed E-state index contributed by atoms with van der Waals surface area (Å²) in [6.45, 7) is 3.73. The van der Waals surface area contributed by atoms with Crippen molar-refractivity contribution in [2.24, 2.45) is 0 Å². The van der Waals surface area contributed by atoms with Gasteiger partial charge in [0.1, 0.15) is 5.69 Å². The van der Waals surface area contributed by atoms with Gasteiger partial charge in [0.05, 0.1) is 11.3 Å². The van der Waals surface area contributed by atoms with Gasteiger partial charge in [-0.3, -0.25) is 4.79 Å². The number of amides is 1. The smallest absolute Gasteiger partial charge is 0.256 e. The van der Waals surface area contributed by atoms with Gasteiger partial charge in [-0.05, 0) is 72.8 Å². The van der Waals surface area contributed by atoms with Gasteiger partial charge in [-0.1, -0.05) is 12.1 Å². The van der Waals surface area contributed by atoms with E-state index in [1.165, 1.54) is 6.07 Å². The lowest BCUT2D eigenvalue weighted by Gasteiger charge is -2.10. The van der Waals surface area contributed by atoms with Crippen LogP contribution in [0.5, 0.6) is 0 Å². The standard InChI is InChI=1S/C18H15FIN3O/c1-11-9-12(2)23(22-11)17-8-7-13(10-15(17)19)21-18(24)14-5-3-4-6-16(14)20/h3-10H,1-2H3,(H,21,24). The first-order valence-corrected chi connectivity index (χ1v) is 8.42. The Morgan fingerprint density at radius 3 is 2.54 bits per heavy atom. The summed E-state index contributed by atoms with van der Waals surface area (Å²) in [5.74, 6) is -0.708. The van der Waals surface area contributed by atoms with Crippen LogP contribution < -0.4 is 5.32 Å². The molecule has 1 N–H and O–H groups in total. The zero-order valence-electron chi connectivity index (χ0n) is 13.2. The van der Waals surface area contributed by atoms with Crippen LogP contribution in [0.3, 0.4) is 0 Å². The minimum Gasteiger partial charge on any atom is -0.322 e. The first-order valence-electron chi connectivity index (χ1n) is 7.35. The Balaban J connectivity index is 1.86. The van der Waals surface area contributed by atoms with Crippen molar-refractivity contribution < 1.29 is 9.18 Å². The van der Waals surface area contributed by atoms with E-state index in [0.29, 0.717) is 16.9 Å². The van der Waals surface area contributed by atoms with Gasteiger partial charge in [0.15, 0.2) is 5.82 Å². The van der Waals surface area contributed by atoms with Crippen molar-refractivity contribution >= 4 is 34.2 Å². The summed E-state index contributed by atoms with van der Waals surface area (Å²) in [7, 11) is 0. The second-order valence-electron chi connectivity index (χ2n) is 5.44. The van der Waals surface area contributed by atoms with Crippen molar-refractivity contribution in [3.05, 3.63) is 74.9 Å². The summed E-state index contributed by atoms with van der Waals surface area (Å²) < 4.78 is 16.8. The fourth-order valence-electron chi connectivity index (χ4n) is 2.47. The number of hydrogen-bond donors (Lipinski definition) is 1. The maximum absolute atomic E-state index is 14.4. The number of carbonyl (C=O) groups excluding carboxylic acids is 1. The van der Waals surface area contributed by atoms with Crippen LogP contribution in [0, 0.1) is 23.2 Å². The first kappa shape index (κ1) is 16.6. The molecule has 0 aliphatic rings. The number of nitrogens with zero attached hydrogens (tertiary/aromatic N) is 2. The monoisotopic (exact) mass is 435 g/mol. The number of nitrogens with one attached hydrogen (secondary N) is 1. The number of aryl methyl sites for hydroxylation is 2. The highest BCUT2D eigenvalue weighted by molar-refractivity contribution is 14.1. The SMILES string of the molecule is Cc1cc(C)n(-c2ccc(NC(=O)c3ccccc3I)cc2F)n1. The maximum Gasteiger partial charge on any atom is 0.256 e. The number of halogens is 2. The van der Waals surface area contributed by atoms with Crippen molar-refractivity contribution in [1.82, 2.24) is 9.78 Å². The summed E-state index contributed by atoms with van der Waals surface area (Å²) in [6.07, 6.45) is 0. The molecule has 0 spiro atoms. The lowest BCUT2D eigenvalue weighted by Crippen LogP contribution is -2.13. The lowest BCUT2D eigenvalue weighted by atomic mass is 10.2. The molecule has 4 nitrogen and oxygen atoms in total. The molecule has 3 rings (SSSR count). The van der Waals surface area contributed by atoms with Gasteiger partial charge < -0.3 is 5.32 Å². The van der Waals surface area contributed by atoms with Crippen LogP contribution in [0.1, 0.15) is 21.7 Å². The molecule has 0 fully saturated rings. The lowest BCUT2D eigenvalue weighted by molar-refractivity contribution is 0.102. The van der Waals surface area contributed by atoms with Crippen molar-refractivity contribution in [3.8, 4) is 5.69 Å². The highest BCUT2D eigenvalue weighted by Crippen LogP contribution is 2.21. The first-order chi connectivity index (χ1) is 11.5. The summed E-state index contributed by atoms with van der Waals surface area (Å²) >= 11 is 2.10. The van der Waals surface area contributed by atoms with E-state index in [0.717, 1.165) is 15.0 Å². The third-order valence-electron chi connectivity index (χ3n) is 3.56. The van der Waals surface area contributed by atoms with Crippen molar-refractivity contribution in [2.75, 3.05) is 5.32 Å². The van der Waals surface area contributed by atoms with E-state index in [1.807, 2.05) is 32.0 Å². The maximum atomic E-state index is 14.4. The number of benzene rings is 2. The fraction of sp³-hybridized carbons (Fsp3) is 0.111. The number of hydrogen-bond acceptors (Lipinski definition) is 2. The second kappa shape index (κ2) is 6.72. The molecule has 0 aliphatic carbocycles. The summed E-state index contributed by atoms with van der Waals surface area (Å²) in [5, 5.41) is 7.00. The molecule has 0 bridgehead atoms. The van der Waals surface area contributed by atoms with Gasteiger partial charge >= 0.3 is 0 Å². The van der Waals surface area contributed by atoms with E-state index in [-0.39, 0.29) is 5.91 Å². The van der Waals surface area contributed by atoms with E-state index in [9.17, 15) is 9.18 Å². The van der Waals surface area contributed by atoms with Crippen molar-refractivity contribution in [2.45, 2.75) is 13.8 Å². The molecular weight excluding hydrogens is 420 g/mol. The highest BCUT2D eigenvalue weighted by atomic mass is 127. The predicted octanol–water partition coefficient (Wildman–Crippen LogP) is 4.49. The molecule has 122 valence electrons. The summed E-state index contributed by atoms with van der Waals surface area (Å²) in [5.41, 5.74) is 2.99. The molecule has 0 saturated carbocycles. The van der Waals surface area contributed by atoms with E-state index in [4.69, 9.17) is 0 Å². The molecule has 0 aliphatic heterocycles. The summed E-state index contributed by atoms with van der Waals surface area (Å²) in [6, 6.07) is 13.7. The van der Waals surface area contributed by atoms with Gasteiger partial charge in [0, 0.05) is 15.0 Å². The molecule has 1 aromatic heterocycles. The minimum absolute atomic E-state index is 0.265. The minimum atomic E-state index is -0.443. The molecule has 0 unspecified atom stereocenters. The largest absolute Gasteiger partial charge is 0.322 e. The topological polar surface area (TPSA) is 46.9 Å². The Labute approximate surface area is 152 Å². The molecule has 24 heavy (non-hydrogen) atoms. The second-order valence-corrected chi connectivity index (χ2v) is 6.60. The van der Waals surface area contributed by atoms with Crippen LogP contribution in [0.15, 0.2) is 48.5 Å². The van der Waals surface area contributed by atoms with Gasteiger partial charge in [-0.2, -0.15) is 5.10 Å². The van der Waals surface area contributed by atoms with E-state index in [2.05, 4.69) is 33.0 Å². The molecule has 1 heterocycles. The van der Waals surface area contributed by atoms with Gasteiger partial charge in [0.2, 0.25) is 0 Å². The van der Waals surface area contributed by atoms with Gasteiger partial charge in [-0.25, -0.2) is 9.07 Å². The average Bonchev–Trinajstić information content (AvgIpc) is 2.86. The molecular formula is C18H15FIN3O. The highest BCUT2D eigenvalue weighted by Gasteiger charge is 2.13. The van der Waals surface area contributed by atoms with Crippen LogP contribution in [-0.4, -0.2) is 15.7 Å². The zero-order valence-corrected chi connectivity index (χ0v) is 15.3.